The number of nitrogens with zero attached hydrogens (tertiary/aromatic N) is 1. The predicted molar refractivity (Wildman–Crippen MR) is 85.1 cm³/mol. The molecule has 3 aromatic rings. The summed E-state index contributed by atoms with van der Waals surface area (Å²) in [5, 5.41) is 10.5. The van der Waals surface area contributed by atoms with Crippen molar-refractivity contribution in [3.8, 4) is 17.0 Å². The molecule has 3 rings (SSSR count). The zero-order valence-electron chi connectivity index (χ0n) is 11.9. The number of ether oxygens (including phenoxy) is 1. The van der Waals surface area contributed by atoms with Crippen molar-refractivity contribution in [3.63, 3.8) is 0 Å². The molecule has 0 aliphatic carbocycles. The van der Waals surface area contributed by atoms with Gasteiger partial charge >= 0.3 is 0 Å². The minimum absolute atomic E-state index is 0.0840. The summed E-state index contributed by atoms with van der Waals surface area (Å²) in [6.45, 7) is 1.84. The standard InChI is InChI=1S/C16H14N2O3S/c1-11-4-2-3-5-14(11)20-9-15(19)17-16-8-13(18-21-16)12-6-7-22-10-12/h2-8,10H,9H2,1H3,(H,17,19). The first-order valence-corrected chi connectivity index (χ1v) is 7.64. The molecule has 1 amide bonds. The van der Waals surface area contributed by atoms with Crippen molar-refractivity contribution in [2.24, 2.45) is 0 Å². The maximum atomic E-state index is 11.9. The Morgan fingerprint density at radius 3 is 3.00 bits per heavy atom. The normalized spacial score (nSPS) is 10.4. The van der Waals surface area contributed by atoms with E-state index in [-0.39, 0.29) is 12.5 Å². The van der Waals surface area contributed by atoms with Crippen LogP contribution in [0.15, 0.2) is 51.7 Å². The predicted octanol–water partition coefficient (Wildman–Crippen LogP) is 3.73. The number of aromatic nitrogens is 1. The summed E-state index contributed by atoms with van der Waals surface area (Å²) in [6, 6.07) is 11.2. The lowest BCUT2D eigenvalue weighted by Crippen LogP contribution is -2.20. The summed E-state index contributed by atoms with van der Waals surface area (Å²) in [6.07, 6.45) is 0. The lowest BCUT2D eigenvalue weighted by atomic mass is 10.2. The van der Waals surface area contributed by atoms with Crippen LogP contribution < -0.4 is 10.1 Å². The molecule has 2 heterocycles. The molecule has 112 valence electrons. The van der Waals surface area contributed by atoms with Crippen LogP contribution in [0, 0.1) is 6.92 Å². The summed E-state index contributed by atoms with van der Waals surface area (Å²) < 4.78 is 10.6. The SMILES string of the molecule is Cc1ccccc1OCC(=O)Nc1cc(-c2ccsc2)no1. The Bertz CT molecular complexity index is 765. The number of para-hydroxylation sites is 1. The van der Waals surface area contributed by atoms with Gasteiger partial charge in [0.15, 0.2) is 6.61 Å². The van der Waals surface area contributed by atoms with E-state index in [1.165, 1.54) is 0 Å². The molecule has 1 N–H and O–H groups in total. The van der Waals surface area contributed by atoms with E-state index in [0.717, 1.165) is 11.1 Å². The van der Waals surface area contributed by atoms with Gasteiger partial charge in [-0.2, -0.15) is 11.3 Å². The monoisotopic (exact) mass is 314 g/mol. The number of aryl methyl sites for hydroxylation is 1. The Labute approximate surface area is 131 Å². The van der Waals surface area contributed by atoms with E-state index in [1.807, 2.05) is 48.0 Å². The highest BCUT2D eigenvalue weighted by Gasteiger charge is 2.10. The first-order valence-electron chi connectivity index (χ1n) is 6.70. The minimum Gasteiger partial charge on any atom is -0.483 e. The third kappa shape index (κ3) is 3.35. The number of carbonyl (C=O) groups excluding carboxylic acids is 1. The first-order chi connectivity index (χ1) is 10.7. The van der Waals surface area contributed by atoms with Gasteiger partial charge in [0.1, 0.15) is 11.4 Å². The molecule has 0 atom stereocenters. The molecule has 5 nitrogen and oxygen atoms in total. The molecule has 0 spiro atoms. The van der Waals surface area contributed by atoms with E-state index in [2.05, 4.69) is 10.5 Å². The molecule has 0 aliphatic rings. The van der Waals surface area contributed by atoms with Crippen molar-refractivity contribution in [2.45, 2.75) is 6.92 Å². The van der Waals surface area contributed by atoms with Crippen molar-refractivity contribution < 1.29 is 14.1 Å². The molecule has 0 saturated heterocycles. The molecular formula is C16H14N2O3S. The van der Waals surface area contributed by atoms with Gasteiger partial charge in [-0.15, -0.1) is 0 Å². The first kappa shape index (κ1) is 14.3. The van der Waals surface area contributed by atoms with E-state index in [1.54, 1.807) is 17.4 Å². The molecule has 0 saturated carbocycles. The molecule has 0 fully saturated rings. The molecule has 0 unspecified atom stereocenters. The summed E-state index contributed by atoms with van der Waals surface area (Å²) in [5.74, 6) is 0.699. The van der Waals surface area contributed by atoms with Crippen LogP contribution >= 0.6 is 11.3 Å². The van der Waals surface area contributed by atoms with Gasteiger partial charge in [-0.25, -0.2) is 0 Å². The lowest BCUT2D eigenvalue weighted by molar-refractivity contribution is -0.118. The summed E-state index contributed by atoms with van der Waals surface area (Å²) >= 11 is 1.58. The maximum Gasteiger partial charge on any atom is 0.264 e. The number of nitrogens with one attached hydrogen (secondary N) is 1. The second-order valence-electron chi connectivity index (χ2n) is 4.69. The molecule has 0 radical (unpaired) electrons. The van der Waals surface area contributed by atoms with Crippen molar-refractivity contribution in [3.05, 3.63) is 52.7 Å². The number of hydrogen-bond donors (Lipinski definition) is 1. The Morgan fingerprint density at radius 1 is 1.36 bits per heavy atom. The fourth-order valence-electron chi connectivity index (χ4n) is 1.92. The highest BCUT2D eigenvalue weighted by atomic mass is 32.1. The van der Waals surface area contributed by atoms with Crippen LogP contribution in [0.2, 0.25) is 0 Å². The summed E-state index contributed by atoms with van der Waals surface area (Å²) in [7, 11) is 0. The van der Waals surface area contributed by atoms with E-state index >= 15 is 0 Å². The number of amides is 1. The molecule has 6 heteroatoms. The van der Waals surface area contributed by atoms with Crippen LogP contribution in [0.3, 0.4) is 0 Å². The van der Waals surface area contributed by atoms with Crippen LogP contribution in [-0.4, -0.2) is 17.7 Å². The quantitative estimate of drug-likeness (QED) is 0.779. The number of benzene rings is 1. The van der Waals surface area contributed by atoms with Crippen LogP contribution in [0.25, 0.3) is 11.3 Å². The van der Waals surface area contributed by atoms with Crippen molar-refractivity contribution in [2.75, 3.05) is 11.9 Å². The van der Waals surface area contributed by atoms with Crippen LogP contribution in [0.5, 0.6) is 5.75 Å². The van der Waals surface area contributed by atoms with Gasteiger partial charge in [0.2, 0.25) is 5.88 Å². The summed E-state index contributed by atoms with van der Waals surface area (Å²) in [4.78, 5) is 11.9. The van der Waals surface area contributed by atoms with Crippen molar-refractivity contribution in [1.82, 2.24) is 5.16 Å². The van der Waals surface area contributed by atoms with E-state index in [4.69, 9.17) is 9.26 Å². The Kier molecular flexibility index (Phi) is 4.20. The third-order valence-corrected chi connectivity index (χ3v) is 3.73. The molecular weight excluding hydrogens is 300 g/mol. The molecule has 0 bridgehead atoms. The van der Waals surface area contributed by atoms with Crippen LogP contribution in [-0.2, 0) is 4.79 Å². The molecule has 2 aromatic heterocycles. The van der Waals surface area contributed by atoms with E-state index < -0.39 is 0 Å². The summed E-state index contributed by atoms with van der Waals surface area (Å²) in [5.41, 5.74) is 2.64. The minimum atomic E-state index is -0.295. The third-order valence-electron chi connectivity index (χ3n) is 3.04. The van der Waals surface area contributed by atoms with Gasteiger partial charge in [-0.3, -0.25) is 10.1 Å². The topological polar surface area (TPSA) is 64.4 Å². The van der Waals surface area contributed by atoms with Gasteiger partial charge in [0, 0.05) is 17.0 Å². The van der Waals surface area contributed by atoms with Crippen molar-refractivity contribution >= 4 is 23.1 Å². The maximum absolute atomic E-state index is 11.9. The largest absolute Gasteiger partial charge is 0.483 e. The van der Waals surface area contributed by atoms with Crippen LogP contribution in [0.4, 0.5) is 5.88 Å². The lowest BCUT2D eigenvalue weighted by Gasteiger charge is -2.07. The van der Waals surface area contributed by atoms with Gasteiger partial charge in [-0.1, -0.05) is 23.4 Å². The Morgan fingerprint density at radius 2 is 2.23 bits per heavy atom. The highest BCUT2D eigenvalue weighted by molar-refractivity contribution is 7.08. The van der Waals surface area contributed by atoms with Gasteiger partial charge in [0.05, 0.1) is 0 Å². The second kappa shape index (κ2) is 6.44. The second-order valence-corrected chi connectivity index (χ2v) is 5.47. The smallest absolute Gasteiger partial charge is 0.264 e. The highest BCUT2D eigenvalue weighted by Crippen LogP contribution is 2.23. The number of hydrogen-bond acceptors (Lipinski definition) is 5. The van der Waals surface area contributed by atoms with E-state index in [9.17, 15) is 4.79 Å². The number of anilines is 1. The number of rotatable bonds is 5. The number of thiophene rings is 1. The Balaban J connectivity index is 1.57. The Hall–Kier alpha value is -2.60. The fourth-order valence-corrected chi connectivity index (χ4v) is 2.57. The number of carbonyl (C=O) groups is 1. The zero-order valence-corrected chi connectivity index (χ0v) is 12.7. The molecule has 0 aliphatic heterocycles. The van der Waals surface area contributed by atoms with Gasteiger partial charge < -0.3 is 9.26 Å². The van der Waals surface area contributed by atoms with E-state index in [0.29, 0.717) is 17.3 Å². The fraction of sp³-hybridized carbons (Fsp3) is 0.125. The average Bonchev–Trinajstić information content (AvgIpc) is 3.17. The van der Waals surface area contributed by atoms with Crippen LogP contribution in [0.1, 0.15) is 5.56 Å². The van der Waals surface area contributed by atoms with Gasteiger partial charge in [0.25, 0.3) is 5.91 Å². The molecule has 22 heavy (non-hydrogen) atoms. The van der Waals surface area contributed by atoms with Gasteiger partial charge in [-0.05, 0) is 30.0 Å². The zero-order chi connectivity index (χ0) is 15.4. The molecule has 1 aromatic carbocycles. The average molecular weight is 314 g/mol. The van der Waals surface area contributed by atoms with Crippen molar-refractivity contribution in [1.29, 1.82) is 0 Å².